The molecular formula is C20H34IN5O2S. The third kappa shape index (κ3) is 8.13. The maximum Gasteiger partial charge on any atom is 0.211 e. The van der Waals surface area contributed by atoms with Crippen LogP contribution < -0.4 is 10.6 Å². The smallest absolute Gasteiger partial charge is 0.211 e. The van der Waals surface area contributed by atoms with E-state index >= 15 is 0 Å². The summed E-state index contributed by atoms with van der Waals surface area (Å²) in [6.45, 7) is 9.09. The van der Waals surface area contributed by atoms with Crippen molar-refractivity contribution in [3.05, 3.63) is 35.5 Å². The Bertz CT molecular complexity index is 895. The molecule has 0 saturated heterocycles. The highest BCUT2D eigenvalue weighted by molar-refractivity contribution is 14.0. The molecule has 164 valence electrons. The van der Waals surface area contributed by atoms with E-state index in [0.29, 0.717) is 26.1 Å². The molecule has 0 unspecified atom stereocenters. The number of hydrogen-bond acceptors (Lipinski definition) is 3. The largest absolute Gasteiger partial charge is 0.361 e. The number of aliphatic imine (C=N–C) groups is 1. The zero-order chi connectivity index (χ0) is 20.6. The second-order valence-electron chi connectivity index (χ2n) is 6.91. The molecule has 2 rings (SSSR count). The van der Waals surface area contributed by atoms with E-state index in [0.717, 1.165) is 25.5 Å². The van der Waals surface area contributed by atoms with E-state index in [9.17, 15) is 8.42 Å². The van der Waals surface area contributed by atoms with Crippen molar-refractivity contribution in [2.45, 2.75) is 33.6 Å². The molecule has 1 aromatic heterocycles. The molecule has 29 heavy (non-hydrogen) atoms. The number of aromatic nitrogens is 1. The van der Waals surface area contributed by atoms with Crippen molar-refractivity contribution >= 4 is 50.9 Å². The van der Waals surface area contributed by atoms with Crippen LogP contribution >= 0.6 is 24.0 Å². The lowest BCUT2D eigenvalue weighted by Crippen LogP contribution is -2.38. The van der Waals surface area contributed by atoms with Crippen LogP contribution in [0.5, 0.6) is 0 Å². The fourth-order valence-electron chi connectivity index (χ4n) is 3.16. The normalized spacial score (nSPS) is 12.2. The Morgan fingerprint density at radius 2 is 2.00 bits per heavy atom. The first-order valence-corrected chi connectivity index (χ1v) is 11.7. The summed E-state index contributed by atoms with van der Waals surface area (Å²) < 4.78 is 24.7. The molecule has 7 nitrogen and oxygen atoms in total. The number of nitrogens with zero attached hydrogens (tertiary/aromatic N) is 2. The summed E-state index contributed by atoms with van der Waals surface area (Å²) in [4.78, 5) is 7.89. The number of H-pyrrole nitrogens is 1. The summed E-state index contributed by atoms with van der Waals surface area (Å²) in [5, 5.41) is 7.86. The average Bonchev–Trinajstić information content (AvgIpc) is 3.02. The van der Waals surface area contributed by atoms with E-state index in [1.807, 2.05) is 13.8 Å². The van der Waals surface area contributed by atoms with E-state index in [-0.39, 0.29) is 24.0 Å². The van der Waals surface area contributed by atoms with Crippen molar-refractivity contribution in [2.75, 3.05) is 39.0 Å². The van der Waals surface area contributed by atoms with Crippen LogP contribution in [0.3, 0.4) is 0 Å². The lowest BCUT2D eigenvalue weighted by Gasteiger charge is -2.17. The molecule has 0 fully saturated rings. The van der Waals surface area contributed by atoms with Crippen LogP contribution in [0.4, 0.5) is 0 Å². The zero-order valence-corrected chi connectivity index (χ0v) is 20.9. The van der Waals surface area contributed by atoms with E-state index < -0.39 is 10.0 Å². The molecule has 0 aliphatic rings. The van der Waals surface area contributed by atoms with Gasteiger partial charge in [-0.15, -0.1) is 24.0 Å². The van der Waals surface area contributed by atoms with Gasteiger partial charge in [0.1, 0.15) is 0 Å². The van der Waals surface area contributed by atoms with E-state index in [1.165, 1.54) is 32.6 Å². The number of aryl methyl sites for hydroxylation is 1. The van der Waals surface area contributed by atoms with Gasteiger partial charge in [-0.25, -0.2) is 12.7 Å². The molecule has 3 N–H and O–H groups in total. The van der Waals surface area contributed by atoms with Gasteiger partial charge >= 0.3 is 0 Å². The van der Waals surface area contributed by atoms with Crippen LogP contribution in [0.1, 0.15) is 31.4 Å². The van der Waals surface area contributed by atoms with Crippen molar-refractivity contribution in [2.24, 2.45) is 4.99 Å². The van der Waals surface area contributed by atoms with Gasteiger partial charge < -0.3 is 15.6 Å². The lowest BCUT2D eigenvalue weighted by atomic mass is 10.1. The number of guanidine groups is 1. The molecule has 1 aromatic carbocycles. The van der Waals surface area contributed by atoms with Gasteiger partial charge in [0.2, 0.25) is 10.0 Å². The summed E-state index contributed by atoms with van der Waals surface area (Å²) in [6.07, 6.45) is 4.90. The zero-order valence-electron chi connectivity index (χ0n) is 17.8. The Morgan fingerprint density at radius 1 is 1.24 bits per heavy atom. The Hall–Kier alpha value is -1.33. The number of sulfonamides is 1. The molecule has 0 aliphatic carbocycles. The van der Waals surface area contributed by atoms with Gasteiger partial charge in [0.05, 0.1) is 6.26 Å². The number of benzene rings is 1. The summed E-state index contributed by atoms with van der Waals surface area (Å²) in [6, 6.07) is 6.46. The first-order chi connectivity index (χ1) is 13.3. The molecule has 9 heteroatoms. The molecule has 0 saturated carbocycles. The second kappa shape index (κ2) is 12.4. The first-order valence-electron chi connectivity index (χ1n) is 9.89. The number of halogens is 1. The number of hydrogen-bond donors (Lipinski definition) is 3. The summed E-state index contributed by atoms with van der Waals surface area (Å²) >= 11 is 0. The third-order valence-corrected chi connectivity index (χ3v) is 5.99. The molecule has 0 radical (unpaired) electrons. The van der Waals surface area contributed by atoms with Crippen LogP contribution in [0.25, 0.3) is 10.9 Å². The number of nitrogens with one attached hydrogen (secondary N) is 3. The van der Waals surface area contributed by atoms with E-state index in [1.54, 1.807) is 0 Å². The molecule has 2 aromatic rings. The van der Waals surface area contributed by atoms with Gasteiger partial charge in [-0.1, -0.05) is 19.1 Å². The predicted octanol–water partition coefficient (Wildman–Crippen LogP) is 2.86. The fourth-order valence-corrected chi connectivity index (χ4v) is 4.09. The fraction of sp³-hybridized carbons (Fsp3) is 0.550. The van der Waals surface area contributed by atoms with E-state index in [2.05, 4.69) is 51.9 Å². The van der Waals surface area contributed by atoms with Gasteiger partial charge in [-0.2, -0.15) is 0 Å². The van der Waals surface area contributed by atoms with Gasteiger partial charge in [-0.3, -0.25) is 4.99 Å². The molecule has 1 heterocycles. The Kier molecular flexibility index (Phi) is 11.0. The van der Waals surface area contributed by atoms with Crippen molar-refractivity contribution < 1.29 is 8.42 Å². The molecule has 0 aliphatic heterocycles. The van der Waals surface area contributed by atoms with Gasteiger partial charge in [0.25, 0.3) is 0 Å². The highest BCUT2D eigenvalue weighted by atomic mass is 127. The summed E-state index contributed by atoms with van der Waals surface area (Å²) in [7, 11) is -3.14. The van der Waals surface area contributed by atoms with Crippen LogP contribution in [0, 0.1) is 6.92 Å². The molecular weight excluding hydrogens is 501 g/mol. The van der Waals surface area contributed by atoms with Gasteiger partial charge in [-0.05, 0) is 43.9 Å². The van der Waals surface area contributed by atoms with Crippen molar-refractivity contribution in [1.29, 1.82) is 0 Å². The van der Waals surface area contributed by atoms with Crippen LogP contribution in [0.2, 0.25) is 0 Å². The maximum absolute atomic E-state index is 11.6. The second-order valence-corrected chi connectivity index (χ2v) is 8.89. The third-order valence-electron chi connectivity index (χ3n) is 4.61. The van der Waals surface area contributed by atoms with Crippen LogP contribution in [-0.2, 0) is 16.4 Å². The standard InChI is InChI=1S/C20H33N5O2S.HI/c1-5-21-20(22-11-7-13-25(6-2)28(4,26)27)23-12-10-17-15-24-19-14-16(3)8-9-18(17)19;/h8-9,14-15,24H,5-7,10-13H2,1-4H3,(H2,21,22,23);1H. The van der Waals surface area contributed by atoms with Crippen molar-refractivity contribution in [3.63, 3.8) is 0 Å². The minimum absolute atomic E-state index is 0. The monoisotopic (exact) mass is 535 g/mol. The summed E-state index contributed by atoms with van der Waals surface area (Å²) in [5.74, 6) is 0.764. The minimum Gasteiger partial charge on any atom is -0.361 e. The topological polar surface area (TPSA) is 89.6 Å². The van der Waals surface area contributed by atoms with Crippen LogP contribution in [0.15, 0.2) is 29.4 Å². The number of fused-ring (bicyclic) bond motifs is 1. The number of rotatable bonds is 10. The van der Waals surface area contributed by atoms with E-state index in [4.69, 9.17) is 0 Å². The highest BCUT2D eigenvalue weighted by Gasteiger charge is 2.13. The Morgan fingerprint density at radius 3 is 2.66 bits per heavy atom. The predicted molar refractivity (Wildman–Crippen MR) is 133 cm³/mol. The summed E-state index contributed by atoms with van der Waals surface area (Å²) in [5.41, 5.74) is 3.70. The van der Waals surface area contributed by atoms with Crippen molar-refractivity contribution in [1.82, 2.24) is 19.9 Å². The van der Waals surface area contributed by atoms with Crippen LogP contribution in [-0.4, -0.2) is 62.6 Å². The SMILES string of the molecule is CCNC(=NCCCN(CC)S(C)(=O)=O)NCCc1c[nH]c2cc(C)ccc12.I. The van der Waals surface area contributed by atoms with Crippen molar-refractivity contribution in [3.8, 4) is 0 Å². The maximum atomic E-state index is 11.6. The molecule has 0 atom stereocenters. The number of aromatic amines is 1. The van der Waals surface area contributed by atoms with Gasteiger partial charge in [0, 0.05) is 49.8 Å². The minimum atomic E-state index is -3.14. The Balaban J connectivity index is 0.00000420. The molecule has 0 bridgehead atoms. The average molecular weight is 535 g/mol. The van der Waals surface area contributed by atoms with Gasteiger partial charge in [0.15, 0.2) is 5.96 Å². The lowest BCUT2D eigenvalue weighted by molar-refractivity contribution is 0.427. The highest BCUT2D eigenvalue weighted by Crippen LogP contribution is 2.19. The quantitative estimate of drug-likeness (QED) is 0.189. The molecule has 0 amide bonds. The first kappa shape index (κ1) is 25.7. The molecule has 0 spiro atoms. The Labute approximate surface area is 191 Å².